The van der Waals surface area contributed by atoms with Gasteiger partial charge in [-0.3, -0.25) is 9.59 Å². The van der Waals surface area contributed by atoms with E-state index in [1.807, 2.05) is 6.07 Å². The van der Waals surface area contributed by atoms with Crippen LogP contribution in [0.15, 0.2) is 24.3 Å². The van der Waals surface area contributed by atoms with Gasteiger partial charge in [-0.05, 0) is 18.2 Å². The highest BCUT2D eigenvalue weighted by atomic mass is 32.2. The first-order valence-corrected chi connectivity index (χ1v) is 7.19. The maximum atomic E-state index is 12.4. The largest absolute Gasteiger partial charge is 0.468 e. The quantitative estimate of drug-likeness (QED) is 0.768. The van der Waals surface area contributed by atoms with Gasteiger partial charge in [-0.25, -0.2) is 0 Å². The Morgan fingerprint density at radius 3 is 3.00 bits per heavy atom. The molecule has 0 radical (unpaired) electrons. The predicted octanol–water partition coefficient (Wildman–Crippen LogP) is 1.29. The van der Waals surface area contributed by atoms with Gasteiger partial charge < -0.3 is 9.64 Å². The van der Waals surface area contributed by atoms with Gasteiger partial charge in [0.05, 0.1) is 18.7 Å². The summed E-state index contributed by atoms with van der Waals surface area (Å²) in [4.78, 5) is 25.6. The summed E-state index contributed by atoms with van der Waals surface area (Å²) in [5.74, 6) is 0.235. The standard InChI is InChI=1S/C14H14N2O3S/c1-19-14(18)12-9-16(5-6-20-12)13(17)11-4-2-3-10(7-11)8-15/h2-4,7,12H,5-6,9H2,1H3/t12-/m1/s1. The number of carbonyl (C=O) groups is 2. The fourth-order valence-corrected chi connectivity index (χ4v) is 3.14. The topological polar surface area (TPSA) is 70.4 Å². The summed E-state index contributed by atoms with van der Waals surface area (Å²) in [7, 11) is 1.35. The smallest absolute Gasteiger partial charge is 0.320 e. The molecule has 0 aromatic heterocycles. The van der Waals surface area contributed by atoms with E-state index in [4.69, 9.17) is 10.00 Å². The van der Waals surface area contributed by atoms with Crippen LogP contribution in [0.2, 0.25) is 0 Å². The number of nitriles is 1. The normalized spacial score (nSPS) is 18.2. The molecule has 1 amide bonds. The van der Waals surface area contributed by atoms with Crippen LogP contribution in [0.1, 0.15) is 15.9 Å². The molecule has 104 valence electrons. The van der Waals surface area contributed by atoms with E-state index in [9.17, 15) is 9.59 Å². The van der Waals surface area contributed by atoms with Crippen LogP contribution in [-0.2, 0) is 9.53 Å². The van der Waals surface area contributed by atoms with Crippen molar-refractivity contribution in [2.75, 3.05) is 26.0 Å². The molecule has 6 heteroatoms. The van der Waals surface area contributed by atoms with Gasteiger partial charge in [0, 0.05) is 24.4 Å². The molecule has 2 rings (SSSR count). The van der Waals surface area contributed by atoms with Crippen molar-refractivity contribution in [3.63, 3.8) is 0 Å². The Kier molecular flexibility index (Phi) is 4.64. The molecule has 1 heterocycles. The van der Waals surface area contributed by atoms with Crippen molar-refractivity contribution >= 4 is 23.6 Å². The maximum Gasteiger partial charge on any atom is 0.320 e. The average molecular weight is 290 g/mol. The Labute approximate surface area is 121 Å². The Balaban J connectivity index is 2.12. The van der Waals surface area contributed by atoms with Gasteiger partial charge in [0.2, 0.25) is 0 Å². The van der Waals surface area contributed by atoms with Crippen molar-refractivity contribution in [2.24, 2.45) is 0 Å². The second-order valence-electron chi connectivity index (χ2n) is 4.33. The fraction of sp³-hybridized carbons (Fsp3) is 0.357. The van der Waals surface area contributed by atoms with E-state index in [-0.39, 0.29) is 17.1 Å². The molecule has 0 saturated carbocycles. The number of ether oxygens (including phenoxy) is 1. The summed E-state index contributed by atoms with van der Waals surface area (Å²) in [6.07, 6.45) is 0. The number of benzene rings is 1. The molecule has 0 aliphatic carbocycles. The molecule has 1 fully saturated rings. The first-order valence-electron chi connectivity index (χ1n) is 6.14. The van der Waals surface area contributed by atoms with Crippen LogP contribution in [-0.4, -0.2) is 48.0 Å². The third kappa shape index (κ3) is 3.11. The van der Waals surface area contributed by atoms with E-state index in [1.54, 1.807) is 29.2 Å². The number of amides is 1. The van der Waals surface area contributed by atoms with E-state index in [0.29, 0.717) is 30.0 Å². The minimum Gasteiger partial charge on any atom is -0.468 e. The van der Waals surface area contributed by atoms with Crippen molar-refractivity contribution in [3.05, 3.63) is 35.4 Å². The number of rotatable bonds is 2. The van der Waals surface area contributed by atoms with Gasteiger partial charge in [0.15, 0.2) is 0 Å². The average Bonchev–Trinajstić information content (AvgIpc) is 2.53. The summed E-state index contributed by atoms with van der Waals surface area (Å²) in [6.45, 7) is 0.931. The lowest BCUT2D eigenvalue weighted by molar-refractivity contribution is -0.140. The number of methoxy groups -OCH3 is 1. The van der Waals surface area contributed by atoms with Crippen molar-refractivity contribution in [3.8, 4) is 6.07 Å². The third-order valence-electron chi connectivity index (χ3n) is 3.06. The van der Waals surface area contributed by atoms with E-state index in [0.717, 1.165) is 0 Å². The Morgan fingerprint density at radius 1 is 1.50 bits per heavy atom. The summed E-state index contributed by atoms with van der Waals surface area (Å²) in [5.41, 5.74) is 0.923. The van der Waals surface area contributed by atoms with E-state index >= 15 is 0 Å². The van der Waals surface area contributed by atoms with E-state index in [2.05, 4.69) is 0 Å². The summed E-state index contributed by atoms with van der Waals surface area (Å²) >= 11 is 1.50. The van der Waals surface area contributed by atoms with Crippen LogP contribution < -0.4 is 0 Å². The van der Waals surface area contributed by atoms with Gasteiger partial charge in [0.25, 0.3) is 5.91 Å². The molecule has 0 spiro atoms. The van der Waals surface area contributed by atoms with Gasteiger partial charge >= 0.3 is 5.97 Å². The van der Waals surface area contributed by atoms with Gasteiger partial charge in [-0.2, -0.15) is 5.26 Å². The molecule has 1 aromatic rings. The van der Waals surface area contributed by atoms with E-state index in [1.165, 1.54) is 18.9 Å². The molecular weight excluding hydrogens is 276 g/mol. The number of nitrogens with zero attached hydrogens (tertiary/aromatic N) is 2. The van der Waals surface area contributed by atoms with Crippen molar-refractivity contribution in [1.82, 2.24) is 4.90 Å². The van der Waals surface area contributed by atoms with E-state index < -0.39 is 0 Å². The zero-order valence-corrected chi connectivity index (χ0v) is 11.9. The molecule has 0 unspecified atom stereocenters. The van der Waals surface area contributed by atoms with Crippen LogP contribution in [0, 0.1) is 11.3 Å². The Morgan fingerprint density at radius 2 is 2.30 bits per heavy atom. The number of hydrogen-bond donors (Lipinski definition) is 0. The molecule has 20 heavy (non-hydrogen) atoms. The van der Waals surface area contributed by atoms with Gasteiger partial charge in [-0.15, -0.1) is 11.8 Å². The van der Waals surface area contributed by atoms with Gasteiger partial charge in [0.1, 0.15) is 5.25 Å². The lowest BCUT2D eigenvalue weighted by Crippen LogP contribution is -2.44. The van der Waals surface area contributed by atoms with Crippen LogP contribution in [0.4, 0.5) is 0 Å². The third-order valence-corrected chi connectivity index (χ3v) is 4.22. The Hall–Kier alpha value is -2.00. The fourth-order valence-electron chi connectivity index (χ4n) is 2.01. The van der Waals surface area contributed by atoms with Gasteiger partial charge in [-0.1, -0.05) is 6.07 Å². The van der Waals surface area contributed by atoms with Crippen molar-refractivity contribution in [2.45, 2.75) is 5.25 Å². The maximum absolute atomic E-state index is 12.4. The number of thioether (sulfide) groups is 1. The SMILES string of the molecule is COC(=O)[C@H]1CN(C(=O)c2cccc(C#N)c2)CCS1. The lowest BCUT2D eigenvalue weighted by atomic mass is 10.1. The number of hydrogen-bond acceptors (Lipinski definition) is 5. The zero-order valence-electron chi connectivity index (χ0n) is 11.0. The van der Waals surface area contributed by atoms with Crippen LogP contribution in [0.5, 0.6) is 0 Å². The summed E-state index contributed by atoms with van der Waals surface area (Å²) in [6, 6.07) is 8.59. The summed E-state index contributed by atoms with van der Waals surface area (Å²) < 4.78 is 4.72. The van der Waals surface area contributed by atoms with Crippen LogP contribution in [0.25, 0.3) is 0 Å². The van der Waals surface area contributed by atoms with Crippen molar-refractivity contribution in [1.29, 1.82) is 5.26 Å². The predicted molar refractivity (Wildman–Crippen MR) is 75.3 cm³/mol. The van der Waals surface area contributed by atoms with Crippen LogP contribution >= 0.6 is 11.8 Å². The summed E-state index contributed by atoms with van der Waals surface area (Å²) in [5, 5.41) is 8.53. The second-order valence-corrected chi connectivity index (χ2v) is 5.64. The Bertz CT molecular complexity index is 568. The highest BCUT2D eigenvalue weighted by molar-refractivity contribution is 8.00. The molecule has 1 aliphatic heterocycles. The molecular formula is C14H14N2O3S. The molecule has 1 aromatic carbocycles. The second kappa shape index (κ2) is 6.44. The molecule has 5 nitrogen and oxygen atoms in total. The highest BCUT2D eigenvalue weighted by Crippen LogP contribution is 2.21. The zero-order chi connectivity index (χ0) is 14.5. The number of carbonyl (C=O) groups excluding carboxylic acids is 2. The molecule has 1 aliphatic rings. The van der Waals surface area contributed by atoms with Crippen LogP contribution in [0.3, 0.4) is 0 Å². The molecule has 0 N–H and O–H groups in total. The number of esters is 1. The first-order chi connectivity index (χ1) is 9.65. The first kappa shape index (κ1) is 14.4. The minimum absolute atomic E-state index is 0.156. The van der Waals surface area contributed by atoms with Crippen molar-refractivity contribution < 1.29 is 14.3 Å². The molecule has 1 saturated heterocycles. The minimum atomic E-state index is -0.336. The highest BCUT2D eigenvalue weighted by Gasteiger charge is 2.30. The lowest BCUT2D eigenvalue weighted by Gasteiger charge is -2.31. The molecule has 1 atom stereocenters. The monoisotopic (exact) mass is 290 g/mol. The molecule has 0 bridgehead atoms.